The van der Waals surface area contributed by atoms with Gasteiger partial charge < -0.3 is 10.4 Å². The van der Waals surface area contributed by atoms with E-state index in [1.807, 2.05) is 11.8 Å². The summed E-state index contributed by atoms with van der Waals surface area (Å²) < 4.78 is 0. The van der Waals surface area contributed by atoms with Crippen LogP contribution in [0.25, 0.3) is 0 Å². The highest BCUT2D eigenvalue weighted by molar-refractivity contribution is 7.99. The number of carbonyl (C=O) groups is 1. The van der Waals surface area contributed by atoms with Crippen LogP contribution in [0.3, 0.4) is 0 Å². The van der Waals surface area contributed by atoms with Gasteiger partial charge in [-0.15, -0.1) is 0 Å². The number of hydrogen-bond donors (Lipinski definition) is 2. The number of aromatic nitrogens is 1. The molecule has 0 amide bonds. The first-order chi connectivity index (χ1) is 8.13. The van der Waals surface area contributed by atoms with E-state index in [-0.39, 0.29) is 5.56 Å². The average molecular weight is 254 g/mol. The first kappa shape index (κ1) is 13.8. The first-order valence-electron chi connectivity index (χ1n) is 5.67. The molecule has 0 aliphatic heterocycles. The van der Waals surface area contributed by atoms with Crippen LogP contribution >= 0.6 is 11.8 Å². The maximum absolute atomic E-state index is 10.6. The zero-order valence-corrected chi connectivity index (χ0v) is 11.0. The van der Waals surface area contributed by atoms with Crippen LogP contribution in [0.4, 0.5) is 5.82 Å². The van der Waals surface area contributed by atoms with Gasteiger partial charge in [0.15, 0.2) is 0 Å². The molecule has 1 aromatic heterocycles. The summed E-state index contributed by atoms with van der Waals surface area (Å²) in [5.41, 5.74) is 0.213. The summed E-state index contributed by atoms with van der Waals surface area (Å²) >= 11 is 1.92. The predicted molar refractivity (Wildman–Crippen MR) is 71.9 cm³/mol. The molecule has 1 atom stereocenters. The second kappa shape index (κ2) is 7.17. The fourth-order valence-electron chi connectivity index (χ4n) is 1.33. The molecule has 0 bridgehead atoms. The van der Waals surface area contributed by atoms with Gasteiger partial charge in [-0.2, -0.15) is 11.8 Å². The Morgan fingerprint density at radius 2 is 2.35 bits per heavy atom. The van der Waals surface area contributed by atoms with Gasteiger partial charge in [0, 0.05) is 12.2 Å². The van der Waals surface area contributed by atoms with Gasteiger partial charge in [0.1, 0.15) is 5.82 Å². The standard InChI is InChI=1S/C12H18N2O2S/c1-3-17-7-6-9(2)14-11-5-4-10(8-13-11)12(15)16/h4-5,8-9H,3,6-7H2,1-2H3,(H,13,14)(H,15,16). The Morgan fingerprint density at radius 1 is 1.59 bits per heavy atom. The lowest BCUT2D eigenvalue weighted by Gasteiger charge is -2.13. The molecule has 1 heterocycles. The molecule has 0 spiro atoms. The van der Waals surface area contributed by atoms with Crippen LogP contribution in [0.1, 0.15) is 30.6 Å². The highest BCUT2D eigenvalue weighted by Gasteiger charge is 2.05. The van der Waals surface area contributed by atoms with Gasteiger partial charge >= 0.3 is 5.97 Å². The topological polar surface area (TPSA) is 62.2 Å². The third-order valence-electron chi connectivity index (χ3n) is 2.30. The quantitative estimate of drug-likeness (QED) is 0.733. The third kappa shape index (κ3) is 5.08. The van der Waals surface area contributed by atoms with Crippen LogP contribution < -0.4 is 5.32 Å². The van der Waals surface area contributed by atoms with E-state index in [1.54, 1.807) is 12.1 Å². The van der Waals surface area contributed by atoms with Crippen molar-refractivity contribution in [1.82, 2.24) is 4.98 Å². The van der Waals surface area contributed by atoms with Crippen molar-refractivity contribution in [3.8, 4) is 0 Å². The zero-order valence-electron chi connectivity index (χ0n) is 10.1. The highest BCUT2D eigenvalue weighted by Crippen LogP contribution is 2.10. The van der Waals surface area contributed by atoms with E-state index in [9.17, 15) is 4.79 Å². The SMILES string of the molecule is CCSCCC(C)Nc1ccc(C(=O)O)cn1. The summed E-state index contributed by atoms with van der Waals surface area (Å²) in [5.74, 6) is 2.04. The molecule has 0 aromatic carbocycles. The number of thioether (sulfide) groups is 1. The van der Waals surface area contributed by atoms with E-state index in [1.165, 1.54) is 6.20 Å². The number of pyridine rings is 1. The normalized spacial score (nSPS) is 12.1. The molecule has 1 rings (SSSR count). The lowest BCUT2D eigenvalue weighted by molar-refractivity contribution is 0.0696. The summed E-state index contributed by atoms with van der Waals surface area (Å²) in [6.07, 6.45) is 2.44. The number of nitrogens with one attached hydrogen (secondary N) is 1. The molecule has 94 valence electrons. The summed E-state index contributed by atoms with van der Waals surface area (Å²) in [7, 11) is 0. The number of carboxylic acid groups (broad SMARTS) is 1. The van der Waals surface area contributed by atoms with E-state index >= 15 is 0 Å². The van der Waals surface area contributed by atoms with Gasteiger partial charge in [-0.05, 0) is 37.0 Å². The Bertz CT molecular complexity index is 354. The van der Waals surface area contributed by atoms with E-state index < -0.39 is 5.97 Å². The maximum atomic E-state index is 10.6. The lowest BCUT2D eigenvalue weighted by Crippen LogP contribution is -2.17. The number of anilines is 1. The predicted octanol–water partition coefficient (Wildman–Crippen LogP) is 2.72. The van der Waals surface area contributed by atoms with Gasteiger partial charge in [-0.25, -0.2) is 9.78 Å². The number of rotatable bonds is 7. The Kier molecular flexibility index (Phi) is 5.83. The molecule has 0 radical (unpaired) electrons. The van der Waals surface area contributed by atoms with Crippen LogP contribution in [-0.4, -0.2) is 33.6 Å². The first-order valence-corrected chi connectivity index (χ1v) is 6.82. The number of carboxylic acids is 1. The molecule has 1 unspecified atom stereocenters. The van der Waals surface area contributed by atoms with E-state index in [2.05, 4.69) is 24.1 Å². The van der Waals surface area contributed by atoms with E-state index in [4.69, 9.17) is 5.11 Å². The van der Waals surface area contributed by atoms with Crippen LogP contribution in [0.15, 0.2) is 18.3 Å². The Hall–Kier alpha value is -1.23. The molecule has 0 saturated heterocycles. The van der Waals surface area contributed by atoms with Crippen LogP contribution in [0, 0.1) is 0 Å². The fraction of sp³-hybridized carbons (Fsp3) is 0.500. The van der Waals surface area contributed by atoms with E-state index in [0.717, 1.165) is 23.7 Å². The van der Waals surface area contributed by atoms with Gasteiger partial charge in [0.05, 0.1) is 5.56 Å². The lowest BCUT2D eigenvalue weighted by atomic mass is 10.2. The molecular formula is C12H18N2O2S. The summed E-state index contributed by atoms with van der Waals surface area (Å²) in [4.78, 5) is 14.7. The minimum atomic E-state index is -0.948. The molecule has 17 heavy (non-hydrogen) atoms. The molecule has 0 fully saturated rings. The second-order valence-electron chi connectivity index (χ2n) is 3.77. The van der Waals surface area contributed by atoms with Crippen molar-refractivity contribution in [2.75, 3.05) is 16.8 Å². The van der Waals surface area contributed by atoms with Crippen molar-refractivity contribution in [1.29, 1.82) is 0 Å². The smallest absolute Gasteiger partial charge is 0.337 e. The monoisotopic (exact) mass is 254 g/mol. The van der Waals surface area contributed by atoms with E-state index in [0.29, 0.717) is 6.04 Å². The second-order valence-corrected chi connectivity index (χ2v) is 5.16. The zero-order chi connectivity index (χ0) is 12.7. The minimum absolute atomic E-state index is 0.213. The summed E-state index contributed by atoms with van der Waals surface area (Å²) in [5, 5.41) is 12.0. The van der Waals surface area contributed by atoms with Crippen molar-refractivity contribution in [2.24, 2.45) is 0 Å². The molecule has 4 nitrogen and oxygen atoms in total. The molecule has 1 aromatic rings. The van der Waals surface area contributed by atoms with Crippen molar-refractivity contribution in [2.45, 2.75) is 26.3 Å². The molecule has 0 saturated carbocycles. The Labute approximate surface area is 106 Å². The number of hydrogen-bond acceptors (Lipinski definition) is 4. The number of nitrogens with zero attached hydrogens (tertiary/aromatic N) is 1. The van der Waals surface area contributed by atoms with Gasteiger partial charge in [0.25, 0.3) is 0 Å². The molecule has 5 heteroatoms. The van der Waals surface area contributed by atoms with Gasteiger partial charge in [-0.3, -0.25) is 0 Å². The maximum Gasteiger partial charge on any atom is 0.337 e. The average Bonchev–Trinajstić information content (AvgIpc) is 2.30. The van der Waals surface area contributed by atoms with Crippen molar-refractivity contribution in [3.05, 3.63) is 23.9 Å². The van der Waals surface area contributed by atoms with Crippen molar-refractivity contribution in [3.63, 3.8) is 0 Å². The Morgan fingerprint density at radius 3 is 2.88 bits per heavy atom. The summed E-state index contributed by atoms with van der Waals surface area (Å²) in [6, 6.07) is 3.61. The summed E-state index contributed by atoms with van der Waals surface area (Å²) in [6.45, 7) is 4.25. The minimum Gasteiger partial charge on any atom is -0.478 e. The fourth-order valence-corrected chi connectivity index (χ4v) is 2.14. The highest BCUT2D eigenvalue weighted by atomic mass is 32.2. The van der Waals surface area contributed by atoms with Crippen molar-refractivity contribution >= 4 is 23.5 Å². The third-order valence-corrected chi connectivity index (χ3v) is 3.24. The van der Waals surface area contributed by atoms with Gasteiger partial charge in [0.2, 0.25) is 0 Å². The van der Waals surface area contributed by atoms with Gasteiger partial charge in [-0.1, -0.05) is 6.92 Å². The largest absolute Gasteiger partial charge is 0.478 e. The molecule has 2 N–H and O–H groups in total. The van der Waals surface area contributed by atoms with Crippen molar-refractivity contribution < 1.29 is 9.90 Å². The Balaban J connectivity index is 2.43. The molecular weight excluding hydrogens is 236 g/mol. The van der Waals surface area contributed by atoms with Crippen LogP contribution in [-0.2, 0) is 0 Å². The molecule has 0 aliphatic carbocycles. The molecule has 0 aliphatic rings. The van der Waals surface area contributed by atoms with Crippen LogP contribution in [0.2, 0.25) is 0 Å². The van der Waals surface area contributed by atoms with Crippen LogP contribution in [0.5, 0.6) is 0 Å². The number of aromatic carboxylic acids is 1.